The number of halogens is 1. The second-order valence-electron chi connectivity index (χ2n) is 6.70. The van der Waals surface area contributed by atoms with E-state index in [9.17, 15) is 4.79 Å². The minimum atomic E-state index is -0.461. The molecule has 1 aromatic rings. The van der Waals surface area contributed by atoms with Gasteiger partial charge in [-0.1, -0.05) is 30.3 Å². The largest absolute Gasteiger partial charge is 0.364 e. The van der Waals surface area contributed by atoms with Gasteiger partial charge in [0.2, 0.25) is 0 Å². The molecule has 134 valence electrons. The standard InChI is InChI=1S/C19H28N2O2.ClH/c1-2-23-18(16-6-4-3-5-7-16)19(22)21-12-10-17(11-13-21)20-14-15-8-9-15;/h3-7,15,17-18,20H,2,8-14H2,1H3;1H. The smallest absolute Gasteiger partial charge is 0.256 e. The summed E-state index contributed by atoms with van der Waals surface area (Å²) in [5, 5.41) is 3.66. The predicted molar refractivity (Wildman–Crippen MR) is 98.4 cm³/mol. The van der Waals surface area contributed by atoms with Crippen molar-refractivity contribution in [1.82, 2.24) is 10.2 Å². The van der Waals surface area contributed by atoms with Crippen LogP contribution in [0.2, 0.25) is 0 Å². The summed E-state index contributed by atoms with van der Waals surface area (Å²) in [5.41, 5.74) is 0.952. The van der Waals surface area contributed by atoms with E-state index < -0.39 is 6.10 Å². The average Bonchev–Trinajstić information content (AvgIpc) is 3.43. The molecule has 3 rings (SSSR count). The lowest BCUT2D eigenvalue weighted by Gasteiger charge is -2.34. The van der Waals surface area contributed by atoms with Crippen LogP contribution in [0.5, 0.6) is 0 Å². The monoisotopic (exact) mass is 352 g/mol. The highest BCUT2D eigenvalue weighted by molar-refractivity contribution is 5.85. The molecule has 24 heavy (non-hydrogen) atoms. The van der Waals surface area contributed by atoms with Gasteiger partial charge in [-0.05, 0) is 50.6 Å². The molecule has 1 saturated carbocycles. The van der Waals surface area contributed by atoms with E-state index in [1.54, 1.807) is 0 Å². The van der Waals surface area contributed by atoms with Gasteiger partial charge < -0.3 is 15.0 Å². The molecule has 1 heterocycles. The third-order valence-corrected chi connectivity index (χ3v) is 4.86. The van der Waals surface area contributed by atoms with Gasteiger partial charge in [0.1, 0.15) is 0 Å². The highest BCUT2D eigenvalue weighted by Crippen LogP contribution is 2.28. The van der Waals surface area contributed by atoms with Crippen LogP contribution < -0.4 is 5.32 Å². The van der Waals surface area contributed by atoms with Crippen molar-refractivity contribution < 1.29 is 9.53 Å². The van der Waals surface area contributed by atoms with E-state index in [0.29, 0.717) is 12.6 Å². The number of likely N-dealkylation sites (tertiary alicyclic amines) is 1. The molecule has 0 bridgehead atoms. The number of carbonyl (C=O) groups excluding carboxylic acids is 1. The van der Waals surface area contributed by atoms with Gasteiger partial charge in [-0.2, -0.15) is 0 Å². The Labute approximate surface area is 151 Å². The first-order chi connectivity index (χ1) is 11.3. The third-order valence-electron chi connectivity index (χ3n) is 4.86. The number of benzene rings is 1. The van der Waals surface area contributed by atoms with E-state index >= 15 is 0 Å². The molecule has 1 aliphatic heterocycles. The summed E-state index contributed by atoms with van der Waals surface area (Å²) in [6.07, 6.45) is 4.41. The number of hydrogen-bond donors (Lipinski definition) is 1. The van der Waals surface area contributed by atoms with Gasteiger partial charge in [0, 0.05) is 25.7 Å². The van der Waals surface area contributed by atoms with Crippen molar-refractivity contribution >= 4 is 18.3 Å². The van der Waals surface area contributed by atoms with E-state index in [2.05, 4.69) is 5.32 Å². The molecule has 1 N–H and O–H groups in total. The lowest BCUT2D eigenvalue weighted by Crippen LogP contribution is -2.47. The van der Waals surface area contributed by atoms with Crippen molar-refractivity contribution in [2.24, 2.45) is 5.92 Å². The molecule has 1 saturated heterocycles. The molecule has 1 unspecified atom stereocenters. The summed E-state index contributed by atoms with van der Waals surface area (Å²) in [6, 6.07) is 10.4. The number of carbonyl (C=O) groups is 1. The molecule has 0 aromatic heterocycles. The average molecular weight is 353 g/mol. The molecule has 4 nitrogen and oxygen atoms in total. The highest BCUT2D eigenvalue weighted by atomic mass is 35.5. The van der Waals surface area contributed by atoms with Gasteiger partial charge in [-0.15, -0.1) is 12.4 Å². The number of nitrogens with one attached hydrogen (secondary N) is 1. The van der Waals surface area contributed by atoms with Crippen LogP contribution in [0.25, 0.3) is 0 Å². The van der Waals surface area contributed by atoms with Crippen LogP contribution in [0.4, 0.5) is 0 Å². The van der Waals surface area contributed by atoms with Gasteiger partial charge >= 0.3 is 0 Å². The van der Waals surface area contributed by atoms with Crippen molar-refractivity contribution in [3.8, 4) is 0 Å². The Kier molecular flexibility index (Phi) is 7.53. The fraction of sp³-hybridized carbons (Fsp3) is 0.632. The van der Waals surface area contributed by atoms with Gasteiger partial charge in [0.05, 0.1) is 0 Å². The van der Waals surface area contributed by atoms with E-state index in [0.717, 1.165) is 44.0 Å². The number of hydrogen-bond acceptors (Lipinski definition) is 3. The Morgan fingerprint density at radius 2 is 1.88 bits per heavy atom. The fourth-order valence-corrected chi connectivity index (χ4v) is 3.23. The maximum absolute atomic E-state index is 12.9. The molecule has 1 atom stereocenters. The van der Waals surface area contributed by atoms with Gasteiger partial charge in [0.25, 0.3) is 5.91 Å². The van der Waals surface area contributed by atoms with Crippen LogP contribution in [-0.4, -0.2) is 43.1 Å². The number of rotatable bonds is 7. The topological polar surface area (TPSA) is 41.6 Å². The normalized spacial score (nSPS) is 19.6. The lowest BCUT2D eigenvalue weighted by atomic mass is 10.0. The van der Waals surface area contributed by atoms with Crippen molar-refractivity contribution in [3.05, 3.63) is 35.9 Å². The van der Waals surface area contributed by atoms with Crippen molar-refractivity contribution in [3.63, 3.8) is 0 Å². The lowest BCUT2D eigenvalue weighted by molar-refractivity contribution is -0.145. The van der Waals surface area contributed by atoms with Gasteiger partial charge in [-0.3, -0.25) is 4.79 Å². The Bertz CT molecular complexity index is 499. The summed E-state index contributed by atoms with van der Waals surface area (Å²) < 4.78 is 5.75. The summed E-state index contributed by atoms with van der Waals surface area (Å²) in [4.78, 5) is 14.8. The molecular formula is C19H29ClN2O2. The zero-order valence-corrected chi connectivity index (χ0v) is 15.3. The maximum atomic E-state index is 12.9. The molecular weight excluding hydrogens is 324 g/mol. The molecule has 5 heteroatoms. The summed E-state index contributed by atoms with van der Waals surface area (Å²) in [5.74, 6) is 1.02. The molecule has 0 radical (unpaired) electrons. The highest BCUT2D eigenvalue weighted by Gasteiger charge is 2.30. The number of ether oxygens (including phenoxy) is 1. The Morgan fingerprint density at radius 1 is 1.21 bits per heavy atom. The zero-order valence-electron chi connectivity index (χ0n) is 14.4. The molecule has 1 amide bonds. The minimum absolute atomic E-state index is 0. The van der Waals surface area contributed by atoms with Crippen molar-refractivity contribution in [1.29, 1.82) is 0 Å². The first kappa shape index (κ1) is 19.2. The summed E-state index contributed by atoms with van der Waals surface area (Å²) in [7, 11) is 0. The van der Waals surface area contributed by atoms with Crippen LogP contribution in [0.1, 0.15) is 44.3 Å². The molecule has 0 spiro atoms. The van der Waals surface area contributed by atoms with Gasteiger partial charge in [0.15, 0.2) is 6.10 Å². The van der Waals surface area contributed by atoms with Crippen LogP contribution in [-0.2, 0) is 9.53 Å². The van der Waals surface area contributed by atoms with Crippen LogP contribution >= 0.6 is 12.4 Å². The van der Waals surface area contributed by atoms with Crippen LogP contribution in [0.3, 0.4) is 0 Å². The minimum Gasteiger partial charge on any atom is -0.364 e. The van der Waals surface area contributed by atoms with E-state index in [4.69, 9.17) is 4.74 Å². The quantitative estimate of drug-likeness (QED) is 0.819. The first-order valence-electron chi connectivity index (χ1n) is 8.96. The van der Waals surface area contributed by atoms with E-state index in [1.807, 2.05) is 42.2 Å². The second-order valence-corrected chi connectivity index (χ2v) is 6.70. The first-order valence-corrected chi connectivity index (χ1v) is 8.96. The molecule has 1 aliphatic carbocycles. The maximum Gasteiger partial charge on any atom is 0.256 e. The SMILES string of the molecule is CCOC(C(=O)N1CCC(NCC2CC2)CC1)c1ccccc1.Cl. The van der Waals surface area contributed by atoms with Crippen molar-refractivity contribution in [2.45, 2.75) is 44.8 Å². The zero-order chi connectivity index (χ0) is 16.1. The predicted octanol–water partition coefficient (Wildman–Crippen LogP) is 3.18. The van der Waals surface area contributed by atoms with Crippen molar-refractivity contribution in [2.75, 3.05) is 26.2 Å². The van der Waals surface area contributed by atoms with Crippen LogP contribution in [0, 0.1) is 5.92 Å². The number of piperidine rings is 1. The summed E-state index contributed by atoms with van der Waals surface area (Å²) in [6.45, 7) is 5.31. The molecule has 2 fully saturated rings. The number of nitrogens with zero attached hydrogens (tertiary/aromatic N) is 1. The van der Waals surface area contributed by atoms with Gasteiger partial charge in [-0.25, -0.2) is 0 Å². The summed E-state index contributed by atoms with van der Waals surface area (Å²) >= 11 is 0. The van der Waals surface area contributed by atoms with E-state index in [1.165, 1.54) is 12.8 Å². The van der Waals surface area contributed by atoms with E-state index in [-0.39, 0.29) is 18.3 Å². The molecule has 2 aliphatic rings. The molecule has 1 aromatic carbocycles. The fourth-order valence-electron chi connectivity index (χ4n) is 3.23. The second kappa shape index (κ2) is 9.40. The van der Waals surface area contributed by atoms with Crippen LogP contribution in [0.15, 0.2) is 30.3 Å². The third kappa shape index (κ3) is 5.20. The number of amides is 1. The Hall–Kier alpha value is -1.10. The Morgan fingerprint density at radius 3 is 2.46 bits per heavy atom. The Balaban J connectivity index is 0.00000208.